The molecule has 0 spiro atoms. The molecule has 8 heteroatoms. The number of hydrogen-bond donors (Lipinski definition) is 1. The minimum absolute atomic E-state index is 0.0278. The van der Waals surface area contributed by atoms with Crippen molar-refractivity contribution in [3.63, 3.8) is 0 Å². The maximum Gasteiger partial charge on any atom is 0.228 e. The highest BCUT2D eigenvalue weighted by Crippen LogP contribution is 2.41. The molecule has 0 radical (unpaired) electrons. The number of nitrogens with zero attached hydrogens (tertiary/aromatic N) is 1. The topological polar surface area (TPSA) is 92.8 Å². The van der Waals surface area contributed by atoms with E-state index in [-0.39, 0.29) is 41.2 Å². The van der Waals surface area contributed by atoms with Gasteiger partial charge in [-0.2, -0.15) is 0 Å². The molecule has 3 rings (SSSR count). The number of rotatable bonds is 6. The van der Waals surface area contributed by atoms with Crippen molar-refractivity contribution in [1.82, 2.24) is 4.90 Å². The van der Waals surface area contributed by atoms with Gasteiger partial charge >= 0.3 is 0 Å². The van der Waals surface area contributed by atoms with Gasteiger partial charge in [0.15, 0.2) is 9.84 Å². The van der Waals surface area contributed by atoms with Gasteiger partial charge in [0.05, 0.1) is 30.5 Å². The zero-order valence-electron chi connectivity index (χ0n) is 15.0. The molecule has 3 atom stereocenters. The number of hydrogen-bond acceptors (Lipinski definition) is 5. The van der Waals surface area contributed by atoms with Crippen molar-refractivity contribution < 1.29 is 22.7 Å². The lowest BCUT2D eigenvalue weighted by molar-refractivity contribution is -0.135. The van der Waals surface area contributed by atoms with Crippen LogP contribution in [0.2, 0.25) is 0 Å². The first kappa shape index (κ1) is 18.7. The van der Waals surface area contributed by atoms with E-state index in [1.54, 1.807) is 36.3 Å². The fourth-order valence-electron chi connectivity index (χ4n) is 3.52. The van der Waals surface area contributed by atoms with E-state index >= 15 is 0 Å². The molecule has 1 aliphatic heterocycles. The summed E-state index contributed by atoms with van der Waals surface area (Å²) in [5.74, 6) is -0.214. The van der Waals surface area contributed by atoms with Gasteiger partial charge in [-0.25, -0.2) is 8.42 Å². The van der Waals surface area contributed by atoms with Crippen molar-refractivity contribution in [1.29, 1.82) is 0 Å². The number of anilines is 1. The maximum absolute atomic E-state index is 12.7. The van der Waals surface area contributed by atoms with Gasteiger partial charge in [-0.3, -0.25) is 9.59 Å². The Labute approximate surface area is 153 Å². The maximum atomic E-state index is 12.7. The van der Waals surface area contributed by atoms with Gasteiger partial charge in [0.25, 0.3) is 0 Å². The van der Waals surface area contributed by atoms with Crippen LogP contribution < -0.4 is 10.1 Å². The standard InChI is InChI=1S/C18H24N2O5S/c1-3-20(13-7-8-26(23,24)11-13)18(22)16-10-15(16)17(21)19-12-5-4-6-14(9-12)25-2/h4-6,9,13,15-16H,3,7-8,10-11H2,1-2H3,(H,19,21). The first-order chi connectivity index (χ1) is 12.3. The van der Waals surface area contributed by atoms with Crippen LogP contribution in [0.5, 0.6) is 5.75 Å². The van der Waals surface area contributed by atoms with E-state index in [0.29, 0.717) is 30.8 Å². The molecular formula is C18H24N2O5S. The monoisotopic (exact) mass is 380 g/mol. The highest BCUT2D eigenvalue weighted by molar-refractivity contribution is 7.91. The number of amides is 2. The highest BCUT2D eigenvalue weighted by atomic mass is 32.2. The van der Waals surface area contributed by atoms with Crippen molar-refractivity contribution in [3.8, 4) is 5.75 Å². The molecule has 7 nitrogen and oxygen atoms in total. The molecule has 1 aromatic carbocycles. The molecule has 3 unspecified atom stereocenters. The van der Waals surface area contributed by atoms with E-state index < -0.39 is 9.84 Å². The van der Waals surface area contributed by atoms with Crippen LogP contribution in [0, 0.1) is 11.8 Å². The van der Waals surface area contributed by atoms with Crippen LogP contribution in [0.4, 0.5) is 5.69 Å². The Balaban J connectivity index is 1.59. The predicted molar refractivity (Wildman–Crippen MR) is 97.7 cm³/mol. The van der Waals surface area contributed by atoms with Crippen LogP contribution in [-0.4, -0.2) is 56.3 Å². The summed E-state index contributed by atoms with van der Waals surface area (Å²) in [5.41, 5.74) is 0.627. The summed E-state index contributed by atoms with van der Waals surface area (Å²) in [4.78, 5) is 26.8. The summed E-state index contributed by atoms with van der Waals surface area (Å²) in [7, 11) is -1.50. The Hall–Kier alpha value is -2.09. The zero-order valence-corrected chi connectivity index (χ0v) is 15.8. The third-order valence-corrected chi connectivity index (χ3v) is 6.80. The van der Waals surface area contributed by atoms with Gasteiger partial charge in [-0.1, -0.05) is 6.07 Å². The number of carbonyl (C=O) groups is 2. The molecule has 0 aromatic heterocycles. The molecule has 26 heavy (non-hydrogen) atoms. The van der Waals surface area contributed by atoms with Crippen LogP contribution in [-0.2, 0) is 19.4 Å². The Morgan fingerprint density at radius 1 is 1.31 bits per heavy atom. The normalized spacial score (nSPS) is 26.2. The highest BCUT2D eigenvalue weighted by Gasteiger charge is 2.50. The minimum Gasteiger partial charge on any atom is -0.497 e. The largest absolute Gasteiger partial charge is 0.497 e. The Kier molecular flexibility index (Phi) is 5.22. The second kappa shape index (κ2) is 7.26. The first-order valence-electron chi connectivity index (χ1n) is 8.80. The molecule has 1 saturated heterocycles. The van der Waals surface area contributed by atoms with Gasteiger partial charge in [-0.05, 0) is 31.9 Å². The molecule has 0 bridgehead atoms. The third-order valence-electron chi connectivity index (χ3n) is 5.05. The number of methoxy groups -OCH3 is 1. The van der Waals surface area contributed by atoms with E-state index in [2.05, 4.69) is 5.32 Å². The molecule has 1 saturated carbocycles. The quantitative estimate of drug-likeness (QED) is 0.803. The van der Waals surface area contributed by atoms with Crippen molar-refractivity contribution in [2.75, 3.05) is 30.5 Å². The average Bonchev–Trinajstić information content (AvgIpc) is 3.34. The van der Waals surface area contributed by atoms with Gasteiger partial charge < -0.3 is 15.0 Å². The second-order valence-corrected chi connectivity index (χ2v) is 9.08. The summed E-state index contributed by atoms with van der Waals surface area (Å²) < 4.78 is 28.5. The lowest BCUT2D eigenvalue weighted by Gasteiger charge is -2.27. The molecule has 1 heterocycles. The average molecular weight is 380 g/mol. The minimum atomic E-state index is -3.05. The molecule has 2 amide bonds. The number of ether oxygens (including phenoxy) is 1. The van der Waals surface area contributed by atoms with Crippen molar-refractivity contribution in [2.45, 2.75) is 25.8 Å². The lowest BCUT2D eigenvalue weighted by Crippen LogP contribution is -2.42. The van der Waals surface area contributed by atoms with E-state index in [1.807, 2.05) is 6.92 Å². The summed E-state index contributed by atoms with van der Waals surface area (Å²) >= 11 is 0. The second-order valence-electron chi connectivity index (χ2n) is 6.85. The number of benzene rings is 1. The van der Waals surface area contributed by atoms with Crippen LogP contribution in [0.25, 0.3) is 0 Å². The molecule has 1 aliphatic carbocycles. The molecule has 1 aromatic rings. The van der Waals surface area contributed by atoms with Crippen molar-refractivity contribution >= 4 is 27.3 Å². The molecule has 2 aliphatic rings. The third kappa shape index (κ3) is 4.00. The van der Waals surface area contributed by atoms with Crippen LogP contribution in [0.1, 0.15) is 19.8 Å². The van der Waals surface area contributed by atoms with Crippen molar-refractivity contribution in [3.05, 3.63) is 24.3 Å². The summed E-state index contributed by atoms with van der Waals surface area (Å²) in [6.07, 6.45) is 0.986. The molecular weight excluding hydrogens is 356 g/mol. The van der Waals surface area contributed by atoms with Gasteiger partial charge in [0.1, 0.15) is 5.75 Å². The zero-order chi connectivity index (χ0) is 18.9. The van der Waals surface area contributed by atoms with Gasteiger partial charge in [-0.15, -0.1) is 0 Å². The van der Waals surface area contributed by atoms with Crippen molar-refractivity contribution in [2.24, 2.45) is 11.8 Å². The predicted octanol–water partition coefficient (Wildman–Crippen LogP) is 1.31. The van der Waals surface area contributed by atoms with Gasteiger partial charge in [0, 0.05) is 24.3 Å². The first-order valence-corrected chi connectivity index (χ1v) is 10.6. The Bertz CT molecular complexity index is 808. The SMILES string of the molecule is CCN(C(=O)C1CC1C(=O)Nc1cccc(OC)c1)C1CCS(=O)(=O)C1. The Morgan fingerprint density at radius 3 is 2.69 bits per heavy atom. The van der Waals surface area contributed by atoms with E-state index in [9.17, 15) is 18.0 Å². The number of sulfone groups is 1. The van der Waals surface area contributed by atoms with E-state index in [4.69, 9.17) is 4.74 Å². The van der Waals surface area contributed by atoms with Crippen LogP contribution in [0.15, 0.2) is 24.3 Å². The molecule has 2 fully saturated rings. The lowest BCUT2D eigenvalue weighted by atomic mass is 10.2. The summed E-state index contributed by atoms with van der Waals surface area (Å²) in [6, 6.07) is 6.79. The molecule has 142 valence electrons. The summed E-state index contributed by atoms with van der Waals surface area (Å²) in [5, 5.41) is 2.82. The summed E-state index contributed by atoms with van der Waals surface area (Å²) in [6.45, 7) is 2.30. The molecule has 1 N–H and O–H groups in total. The van der Waals surface area contributed by atoms with Crippen LogP contribution in [0.3, 0.4) is 0 Å². The number of carbonyl (C=O) groups excluding carboxylic acids is 2. The smallest absolute Gasteiger partial charge is 0.228 e. The van der Waals surface area contributed by atoms with Gasteiger partial charge in [0.2, 0.25) is 11.8 Å². The Morgan fingerprint density at radius 2 is 2.08 bits per heavy atom. The fraction of sp³-hybridized carbons (Fsp3) is 0.556. The van der Waals surface area contributed by atoms with E-state index in [0.717, 1.165) is 0 Å². The van der Waals surface area contributed by atoms with E-state index in [1.165, 1.54) is 0 Å². The number of nitrogens with one attached hydrogen (secondary N) is 1. The fourth-order valence-corrected chi connectivity index (χ4v) is 5.25. The van der Waals surface area contributed by atoms with Crippen LogP contribution >= 0.6 is 0 Å².